The molecule has 0 saturated heterocycles. The van der Waals surface area contributed by atoms with E-state index in [4.69, 9.17) is 4.42 Å². The summed E-state index contributed by atoms with van der Waals surface area (Å²) >= 11 is 4.22. The van der Waals surface area contributed by atoms with Crippen molar-refractivity contribution in [3.8, 4) is 0 Å². The summed E-state index contributed by atoms with van der Waals surface area (Å²) in [5.74, 6) is -0.595. The minimum absolute atomic E-state index is 0.0343. The van der Waals surface area contributed by atoms with Crippen LogP contribution in [-0.4, -0.2) is 31.5 Å². The third kappa shape index (κ3) is 3.22. The number of fused-ring (bicyclic) bond motifs is 1. The summed E-state index contributed by atoms with van der Waals surface area (Å²) in [4.78, 5) is 11.8. The molecule has 0 aliphatic heterocycles. The number of carbonyl (C=O) groups is 1. The first-order valence-electron chi connectivity index (χ1n) is 5.66. The highest BCUT2D eigenvalue weighted by atomic mass is 79.9. The molecular weight excluding hydrogens is 365 g/mol. The first-order valence-corrected chi connectivity index (χ1v) is 7.44. The largest absolute Gasteiger partial charge is 0.396 e. The third-order valence-electron chi connectivity index (χ3n) is 2.40. The number of halogens is 2. The van der Waals surface area contributed by atoms with Crippen LogP contribution in [0.3, 0.4) is 0 Å². The molecule has 1 aromatic carbocycles. The van der Waals surface area contributed by atoms with Crippen LogP contribution in [0.25, 0.3) is 5.84 Å². The van der Waals surface area contributed by atoms with E-state index in [0.717, 1.165) is 11.8 Å². The molecule has 3 rings (SSSR count). The Morgan fingerprint density at radius 2 is 2.38 bits per heavy atom. The molecule has 2 aromatic heterocycles. The molecule has 0 radical (unpaired) electrons. The number of carbonyl (C=O) groups excluding carboxylic acids is 1. The highest BCUT2D eigenvalue weighted by Gasteiger charge is 2.12. The molecule has 3 aromatic rings. The molecule has 7 nitrogen and oxygen atoms in total. The number of aromatic nitrogens is 4. The normalized spacial score (nSPS) is 11.0. The van der Waals surface area contributed by atoms with Gasteiger partial charge in [-0.25, -0.2) is 4.39 Å². The van der Waals surface area contributed by atoms with Crippen molar-refractivity contribution in [2.45, 2.75) is 5.22 Å². The van der Waals surface area contributed by atoms with Gasteiger partial charge in [0.1, 0.15) is 12.1 Å². The van der Waals surface area contributed by atoms with Gasteiger partial charge in [0, 0.05) is 4.47 Å². The molecule has 21 heavy (non-hydrogen) atoms. The lowest BCUT2D eigenvalue weighted by Gasteiger charge is -2.05. The fourth-order valence-corrected chi connectivity index (χ4v) is 2.44. The van der Waals surface area contributed by atoms with Crippen molar-refractivity contribution >= 4 is 45.1 Å². The molecular formula is C11H7BrFN5O2S. The molecule has 1 amide bonds. The second-order valence-corrected chi connectivity index (χ2v) is 5.73. The van der Waals surface area contributed by atoms with Gasteiger partial charge in [-0.05, 0) is 18.2 Å². The van der Waals surface area contributed by atoms with Crippen LogP contribution in [0, 0.1) is 5.82 Å². The Bertz CT molecular complexity index is 776. The maximum atomic E-state index is 13.6. The Hall–Kier alpha value is -1.94. The zero-order chi connectivity index (χ0) is 14.8. The van der Waals surface area contributed by atoms with Crippen LogP contribution >= 0.6 is 27.7 Å². The zero-order valence-electron chi connectivity index (χ0n) is 10.3. The van der Waals surface area contributed by atoms with Gasteiger partial charge in [0.05, 0.1) is 11.4 Å². The van der Waals surface area contributed by atoms with E-state index < -0.39 is 5.82 Å². The van der Waals surface area contributed by atoms with Crippen molar-refractivity contribution in [3.63, 3.8) is 0 Å². The monoisotopic (exact) mass is 371 g/mol. The predicted molar refractivity (Wildman–Crippen MR) is 76.5 cm³/mol. The number of thioether (sulfide) groups is 1. The number of amides is 1. The van der Waals surface area contributed by atoms with Crippen LogP contribution in [-0.2, 0) is 4.79 Å². The number of hydrogen-bond donors (Lipinski definition) is 1. The van der Waals surface area contributed by atoms with Gasteiger partial charge in [-0.2, -0.15) is 4.52 Å². The van der Waals surface area contributed by atoms with Crippen molar-refractivity contribution in [2.75, 3.05) is 11.1 Å². The highest BCUT2D eigenvalue weighted by Crippen LogP contribution is 2.21. The van der Waals surface area contributed by atoms with Crippen LogP contribution in [0.2, 0.25) is 0 Å². The number of nitrogens with one attached hydrogen (secondary N) is 1. The van der Waals surface area contributed by atoms with Crippen LogP contribution < -0.4 is 5.32 Å². The van der Waals surface area contributed by atoms with E-state index in [1.807, 2.05) is 0 Å². The fourth-order valence-electron chi connectivity index (χ4n) is 1.50. The average molecular weight is 372 g/mol. The van der Waals surface area contributed by atoms with E-state index in [1.165, 1.54) is 23.0 Å². The topological polar surface area (TPSA) is 85.3 Å². The third-order valence-corrected chi connectivity index (χ3v) is 3.71. The number of anilines is 1. The van der Waals surface area contributed by atoms with E-state index in [1.54, 1.807) is 6.07 Å². The number of nitrogens with zero attached hydrogens (tertiary/aromatic N) is 4. The Kier molecular flexibility index (Phi) is 3.88. The molecule has 0 atom stereocenters. The lowest BCUT2D eigenvalue weighted by atomic mass is 10.3. The van der Waals surface area contributed by atoms with Crippen molar-refractivity contribution in [1.29, 1.82) is 0 Å². The van der Waals surface area contributed by atoms with Crippen LogP contribution in [0.5, 0.6) is 0 Å². The van der Waals surface area contributed by atoms with Crippen LogP contribution in [0.1, 0.15) is 0 Å². The molecule has 0 saturated carbocycles. The Labute approximate surface area is 130 Å². The maximum absolute atomic E-state index is 13.6. The summed E-state index contributed by atoms with van der Waals surface area (Å²) < 4.78 is 20.8. The average Bonchev–Trinajstić information content (AvgIpc) is 3.00. The minimum atomic E-state index is -0.511. The molecule has 2 heterocycles. The van der Waals surface area contributed by atoms with Crippen LogP contribution in [0.15, 0.2) is 38.6 Å². The van der Waals surface area contributed by atoms with Gasteiger partial charge < -0.3 is 9.73 Å². The number of hydrogen-bond acceptors (Lipinski definition) is 6. The molecule has 0 aliphatic carbocycles. The second kappa shape index (κ2) is 5.82. The van der Waals surface area contributed by atoms with E-state index in [9.17, 15) is 9.18 Å². The van der Waals surface area contributed by atoms with Gasteiger partial charge in [0.25, 0.3) is 5.22 Å². The van der Waals surface area contributed by atoms with Gasteiger partial charge in [-0.15, -0.1) is 10.2 Å². The summed E-state index contributed by atoms with van der Waals surface area (Å²) in [7, 11) is 0. The molecule has 108 valence electrons. The van der Waals surface area contributed by atoms with Gasteiger partial charge >= 0.3 is 5.84 Å². The van der Waals surface area contributed by atoms with E-state index in [-0.39, 0.29) is 28.4 Å². The van der Waals surface area contributed by atoms with Gasteiger partial charge in [-0.3, -0.25) is 4.79 Å². The molecule has 0 bridgehead atoms. The fraction of sp³-hybridized carbons (Fsp3) is 0.0909. The van der Waals surface area contributed by atoms with Crippen LogP contribution in [0.4, 0.5) is 10.1 Å². The standard InChI is InChI=1S/C11H7BrFN5O2S/c12-6-1-2-8(7(13)3-6)15-9(19)4-21-11-17-18-5-14-16-10(18)20-11/h1-3,5H,4H2,(H,15,19). The van der Waals surface area contributed by atoms with Gasteiger partial charge in [0.2, 0.25) is 5.91 Å². The lowest BCUT2D eigenvalue weighted by molar-refractivity contribution is -0.113. The molecule has 0 spiro atoms. The second-order valence-electron chi connectivity index (χ2n) is 3.89. The van der Waals surface area contributed by atoms with E-state index in [2.05, 4.69) is 36.5 Å². The SMILES string of the molecule is O=C(CSc1nn2cnnc2o1)Nc1ccc(Br)cc1F. The first-order chi connectivity index (χ1) is 10.1. The van der Waals surface area contributed by atoms with Crippen molar-refractivity contribution < 1.29 is 13.6 Å². The van der Waals surface area contributed by atoms with Crippen molar-refractivity contribution in [2.24, 2.45) is 0 Å². The number of rotatable bonds is 4. The van der Waals surface area contributed by atoms with Gasteiger partial charge in [0.15, 0.2) is 0 Å². The first kappa shape index (κ1) is 14.0. The van der Waals surface area contributed by atoms with Gasteiger partial charge in [-0.1, -0.05) is 32.8 Å². The quantitative estimate of drug-likeness (QED) is 0.708. The van der Waals surface area contributed by atoms with E-state index >= 15 is 0 Å². The summed E-state index contributed by atoms with van der Waals surface area (Å²) in [5.41, 5.74) is 0.121. The molecule has 0 unspecified atom stereocenters. The van der Waals surface area contributed by atoms with E-state index in [0.29, 0.717) is 4.47 Å². The predicted octanol–water partition coefficient (Wildman–Crippen LogP) is 2.35. The lowest BCUT2D eigenvalue weighted by Crippen LogP contribution is -2.15. The molecule has 1 N–H and O–H groups in total. The highest BCUT2D eigenvalue weighted by molar-refractivity contribution is 9.10. The van der Waals surface area contributed by atoms with Crippen molar-refractivity contribution in [3.05, 3.63) is 34.8 Å². The minimum Gasteiger partial charge on any atom is -0.396 e. The maximum Gasteiger partial charge on any atom is 0.345 e. The summed E-state index contributed by atoms with van der Waals surface area (Å²) in [6, 6.07) is 4.40. The zero-order valence-corrected chi connectivity index (χ0v) is 12.7. The summed E-state index contributed by atoms with van der Waals surface area (Å²) in [5, 5.41) is 14.0. The van der Waals surface area contributed by atoms with Crippen molar-refractivity contribution in [1.82, 2.24) is 19.8 Å². The summed E-state index contributed by atoms with van der Waals surface area (Å²) in [6.45, 7) is 0. The number of benzene rings is 1. The molecule has 10 heteroatoms. The molecule has 0 fully saturated rings. The molecule has 0 aliphatic rings. The Morgan fingerprint density at radius 3 is 3.14 bits per heavy atom. The summed E-state index contributed by atoms with van der Waals surface area (Å²) in [6.07, 6.45) is 1.39. The Morgan fingerprint density at radius 1 is 1.52 bits per heavy atom. The Balaban J connectivity index is 1.60. The smallest absolute Gasteiger partial charge is 0.345 e.